The predicted molar refractivity (Wildman–Crippen MR) is 144 cm³/mol. The van der Waals surface area contributed by atoms with Crippen LogP contribution in [0.25, 0.3) is 0 Å². The molecule has 1 fully saturated rings. The molecule has 1 atom stereocenters. The van der Waals surface area contributed by atoms with E-state index in [1.165, 1.54) is 17.9 Å². The summed E-state index contributed by atoms with van der Waals surface area (Å²) in [6.07, 6.45) is 5.92. The number of rotatable bonds is 9. The highest BCUT2D eigenvalue weighted by Crippen LogP contribution is 2.34. The standard InChI is InChI=1S/C29H32N4O5/c1-3-24-27(20-12-15-25(36-2)26(17-20)37-22-7-4-5-8-22)32-33(29(35)38-24)18-19-10-13-21(14-11-19)31-28(34)23-9-6-16-30-23/h6,9-17,22,24,30H,3-5,7-8,18H2,1-2H3,(H,31,34). The van der Waals surface area contributed by atoms with E-state index in [-0.39, 0.29) is 18.6 Å². The maximum atomic E-state index is 12.8. The Bertz CT molecular complexity index is 1300. The van der Waals surface area contributed by atoms with Gasteiger partial charge in [-0.2, -0.15) is 10.1 Å². The van der Waals surface area contributed by atoms with E-state index < -0.39 is 12.2 Å². The molecule has 1 aliphatic heterocycles. The van der Waals surface area contributed by atoms with Crippen LogP contribution in [0.2, 0.25) is 0 Å². The van der Waals surface area contributed by atoms with Gasteiger partial charge in [-0.3, -0.25) is 4.79 Å². The van der Waals surface area contributed by atoms with Crippen LogP contribution in [0.3, 0.4) is 0 Å². The number of carbonyl (C=O) groups excluding carboxylic acids is 2. The summed E-state index contributed by atoms with van der Waals surface area (Å²) in [6.45, 7) is 2.19. The predicted octanol–water partition coefficient (Wildman–Crippen LogP) is 5.73. The highest BCUT2D eigenvalue weighted by atomic mass is 16.6. The first kappa shape index (κ1) is 25.4. The van der Waals surface area contributed by atoms with Crippen molar-refractivity contribution in [2.24, 2.45) is 5.10 Å². The molecule has 9 nitrogen and oxygen atoms in total. The molecule has 0 bridgehead atoms. The minimum Gasteiger partial charge on any atom is -0.493 e. The van der Waals surface area contributed by atoms with Gasteiger partial charge in [-0.05, 0) is 80.1 Å². The number of hydrogen-bond acceptors (Lipinski definition) is 6. The van der Waals surface area contributed by atoms with Gasteiger partial charge in [0.1, 0.15) is 17.5 Å². The third-order valence-corrected chi connectivity index (χ3v) is 6.80. The first-order valence-electron chi connectivity index (χ1n) is 13.0. The molecule has 3 aromatic rings. The molecule has 9 heteroatoms. The minimum atomic E-state index is -0.499. The van der Waals surface area contributed by atoms with Crippen LogP contribution in [0.4, 0.5) is 10.5 Å². The van der Waals surface area contributed by atoms with Crippen molar-refractivity contribution >= 4 is 23.4 Å². The van der Waals surface area contributed by atoms with E-state index in [4.69, 9.17) is 19.3 Å². The van der Waals surface area contributed by atoms with Crippen molar-refractivity contribution in [3.05, 3.63) is 77.6 Å². The lowest BCUT2D eigenvalue weighted by Crippen LogP contribution is -2.41. The molecule has 1 saturated carbocycles. The normalized spacial score (nSPS) is 17.6. The summed E-state index contributed by atoms with van der Waals surface area (Å²) >= 11 is 0. The number of amides is 2. The summed E-state index contributed by atoms with van der Waals surface area (Å²) in [7, 11) is 1.63. The number of H-pyrrole nitrogens is 1. The summed E-state index contributed by atoms with van der Waals surface area (Å²) in [5.74, 6) is 1.12. The Hall–Kier alpha value is -4.27. The topological polar surface area (TPSA) is 105 Å². The number of nitrogens with zero attached hydrogens (tertiary/aromatic N) is 2. The number of nitrogens with one attached hydrogen (secondary N) is 2. The minimum absolute atomic E-state index is 0.180. The van der Waals surface area contributed by atoms with Crippen molar-refractivity contribution in [2.75, 3.05) is 12.4 Å². The van der Waals surface area contributed by atoms with Gasteiger partial charge in [0.05, 0.1) is 19.8 Å². The Balaban J connectivity index is 1.34. The van der Waals surface area contributed by atoms with Crippen LogP contribution in [-0.2, 0) is 11.3 Å². The number of cyclic esters (lactones) is 1. The van der Waals surface area contributed by atoms with Crippen LogP contribution >= 0.6 is 0 Å². The Labute approximate surface area is 221 Å². The van der Waals surface area contributed by atoms with Gasteiger partial charge in [0, 0.05) is 17.4 Å². The van der Waals surface area contributed by atoms with Crippen LogP contribution in [0.15, 0.2) is 65.9 Å². The van der Waals surface area contributed by atoms with Gasteiger partial charge >= 0.3 is 6.09 Å². The van der Waals surface area contributed by atoms with Crippen LogP contribution in [0, 0.1) is 0 Å². The van der Waals surface area contributed by atoms with Gasteiger partial charge in [-0.1, -0.05) is 19.1 Å². The van der Waals surface area contributed by atoms with Crippen LogP contribution in [0.5, 0.6) is 11.5 Å². The van der Waals surface area contributed by atoms with Gasteiger partial charge in [0.25, 0.3) is 5.91 Å². The van der Waals surface area contributed by atoms with Crippen LogP contribution < -0.4 is 14.8 Å². The number of carbonyl (C=O) groups is 2. The third kappa shape index (κ3) is 5.66. The van der Waals surface area contributed by atoms with E-state index in [0.717, 1.165) is 24.0 Å². The van der Waals surface area contributed by atoms with Gasteiger partial charge in [-0.15, -0.1) is 0 Å². The van der Waals surface area contributed by atoms with Gasteiger partial charge in [0.2, 0.25) is 0 Å². The van der Waals surface area contributed by atoms with Gasteiger partial charge < -0.3 is 24.5 Å². The molecule has 38 heavy (non-hydrogen) atoms. The molecule has 2 aliphatic rings. The summed E-state index contributed by atoms with van der Waals surface area (Å²) in [4.78, 5) is 27.9. The number of ether oxygens (including phenoxy) is 3. The number of hydrazone groups is 1. The van der Waals surface area contributed by atoms with E-state index in [9.17, 15) is 9.59 Å². The Morgan fingerprint density at radius 3 is 2.61 bits per heavy atom. The third-order valence-electron chi connectivity index (χ3n) is 6.80. The molecular formula is C29H32N4O5. The van der Waals surface area contributed by atoms with Crippen molar-refractivity contribution in [3.63, 3.8) is 0 Å². The first-order chi connectivity index (χ1) is 18.5. The SMILES string of the molecule is CCC1OC(=O)N(Cc2ccc(NC(=O)c3ccc[nH]3)cc2)N=C1c1ccc(OC)c(OC2CCCC2)c1. The van der Waals surface area contributed by atoms with Gasteiger partial charge in [-0.25, -0.2) is 4.79 Å². The average molecular weight is 517 g/mol. The number of methoxy groups -OCH3 is 1. The molecule has 198 valence electrons. The van der Waals surface area contributed by atoms with E-state index in [1.807, 2.05) is 37.3 Å². The summed E-state index contributed by atoms with van der Waals surface area (Å²) in [6, 6.07) is 16.5. The van der Waals surface area contributed by atoms with Crippen molar-refractivity contribution in [2.45, 2.75) is 57.8 Å². The van der Waals surface area contributed by atoms with Crippen LogP contribution in [-0.4, -0.2) is 47.0 Å². The van der Waals surface area contributed by atoms with E-state index in [2.05, 4.69) is 10.3 Å². The molecule has 2 amide bonds. The highest BCUT2D eigenvalue weighted by molar-refractivity contribution is 6.06. The molecule has 0 radical (unpaired) electrons. The molecule has 5 rings (SSSR count). The molecule has 2 aromatic carbocycles. The number of aromatic amines is 1. The fourth-order valence-corrected chi connectivity index (χ4v) is 4.74. The lowest BCUT2D eigenvalue weighted by atomic mass is 10.0. The second-order valence-corrected chi connectivity index (χ2v) is 9.45. The maximum Gasteiger partial charge on any atom is 0.431 e. The lowest BCUT2D eigenvalue weighted by molar-refractivity contribution is 0.0712. The van der Waals surface area contributed by atoms with E-state index in [1.54, 1.807) is 37.6 Å². The zero-order valence-electron chi connectivity index (χ0n) is 21.6. The lowest BCUT2D eigenvalue weighted by Gasteiger charge is -2.29. The number of benzene rings is 2. The van der Waals surface area contributed by atoms with E-state index >= 15 is 0 Å². The van der Waals surface area contributed by atoms with Crippen molar-refractivity contribution in [1.82, 2.24) is 9.99 Å². The first-order valence-corrected chi connectivity index (χ1v) is 13.0. The second-order valence-electron chi connectivity index (χ2n) is 9.45. The van der Waals surface area contributed by atoms with Crippen LogP contribution in [0.1, 0.15) is 60.6 Å². The zero-order chi connectivity index (χ0) is 26.5. The van der Waals surface area contributed by atoms with E-state index in [0.29, 0.717) is 35.0 Å². The largest absolute Gasteiger partial charge is 0.493 e. The molecule has 0 saturated heterocycles. The molecule has 2 N–H and O–H groups in total. The molecule has 1 unspecified atom stereocenters. The smallest absolute Gasteiger partial charge is 0.431 e. The van der Waals surface area contributed by atoms with Crippen molar-refractivity contribution in [3.8, 4) is 11.5 Å². The summed E-state index contributed by atoms with van der Waals surface area (Å²) < 4.78 is 17.6. The number of hydrogen-bond donors (Lipinski definition) is 2. The fraction of sp³-hybridized carbons (Fsp3) is 0.345. The second kappa shape index (κ2) is 11.4. The maximum absolute atomic E-state index is 12.8. The Kier molecular flexibility index (Phi) is 7.62. The highest BCUT2D eigenvalue weighted by Gasteiger charge is 2.31. The summed E-state index contributed by atoms with van der Waals surface area (Å²) in [5.41, 5.74) is 3.47. The molecule has 0 spiro atoms. The summed E-state index contributed by atoms with van der Waals surface area (Å²) in [5, 5.41) is 8.89. The Morgan fingerprint density at radius 2 is 1.92 bits per heavy atom. The quantitative estimate of drug-likeness (QED) is 0.378. The number of aromatic nitrogens is 1. The van der Waals surface area contributed by atoms with Crippen molar-refractivity contribution < 1.29 is 23.8 Å². The number of anilines is 1. The fourth-order valence-electron chi connectivity index (χ4n) is 4.74. The van der Waals surface area contributed by atoms with Gasteiger partial charge in [0.15, 0.2) is 11.5 Å². The zero-order valence-corrected chi connectivity index (χ0v) is 21.6. The molecular weight excluding hydrogens is 484 g/mol. The van der Waals surface area contributed by atoms with Crippen molar-refractivity contribution in [1.29, 1.82) is 0 Å². The monoisotopic (exact) mass is 516 g/mol. The molecule has 1 aromatic heterocycles. The average Bonchev–Trinajstić information content (AvgIpc) is 3.66. The Morgan fingerprint density at radius 1 is 1.13 bits per heavy atom. The molecule has 2 heterocycles. The molecule has 1 aliphatic carbocycles.